The molecule has 106 valence electrons. The molecule has 0 unspecified atom stereocenters. The molecule has 0 aliphatic heterocycles. The molecule has 0 fully saturated rings. The van der Waals surface area contributed by atoms with E-state index in [1.807, 2.05) is 0 Å². The van der Waals surface area contributed by atoms with Crippen molar-refractivity contribution in [2.75, 3.05) is 5.75 Å². The Kier molecular flexibility index (Phi) is 4.28. The topological polar surface area (TPSA) is 80.9 Å². The summed E-state index contributed by atoms with van der Waals surface area (Å²) in [6.07, 6.45) is -1.44. The largest absolute Gasteiger partial charge is 0.481 e. The number of aromatic nitrogens is 4. The monoisotopic (exact) mass is 300 g/mol. The molecule has 0 atom stereocenters. The minimum atomic E-state index is -2.73. The zero-order chi connectivity index (χ0) is 14.7. The number of hydrogen-bond donors (Lipinski definition) is 1. The number of rotatable bonds is 5. The number of thioether (sulfide) groups is 1. The van der Waals surface area contributed by atoms with Gasteiger partial charge in [-0.2, -0.15) is 5.10 Å². The fourth-order valence-electron chi connectivity index (χ4n) is 1.45. The average Bonchev–Trinajstić information content (AvgIpc) is 2.80. The van der Waals surface area contributed by atoms with E-state index in [0.29, 0.717) is 16.5 Å². The first kappa shape index (κ1) is 14.4. The van der Waals surface area contributed by atoms with Gasteiger partial charge in [0.2, 0.25) is 0 Å². The first-order chi connectivity index (χ1) is 9.47. The predicted octanol–water partition coefficient (Wildman–Crippen LogP) is 2.09. The smallest absolute Gasteiger partial charge is 0.313 e. The van der Waals surface area contributed by atoms with E-state index in [1.54, 1.807) is 13.0 Å². The minimum Gasteiger partial charge on any atom is -0.481 e. The van der Waals surface area contributed by atoms with Gasteiger partial charge in [-0.1, -0.05) is 11.8 Å². The van der Waals surface area contributed by atoms with Crippen molar-refractivity contribution in [1.82, 2.24) is 19.7 Å². The zero-order valence-electron chi connectivity index (χ0n) is 10.3. The standard InChI is InChI=1S/C11H10F2N4O2S/c1-6-2-8(15-5-14-6)17-9(20-4-10(18)19)3-7(16-17)11(12)13/h2-3,5,11H,4H2,1H3,(H,18,19). The van der Waals surface area contributed by atoms with Crippen LogP contribution in [0.4, 0.5) is 8.78 Å². The Labute approximate surface area is 116 Å². The third-order valence-electron chi connectivity index (χ3n) is 2.27. The molecular weight excluding hydrogens is 290 g/mol. The van der Waals surface area contributed by atoms with Gasteiger partial charge in [0.1, 0.15) is 17.0 Å². The lowest BCUT2D eigenvalue weighted by atomic mass is 10.4. The molecule has 0 spiro atoms. The number of carbonyl (C=O) groups is 1. The van der Waals surface area contributed by atoms with Crippen molar-refractivity contribution in [3.8, 4) is 5.82 Å². The molecular formula is C11H10F2N4O2S. The Hall–Kier alpha value is -2.03. The molecule has 0 saturated carbocycles. The van der Waals surface area contributed by atoms with E-state index in [9.17, 15) is 13.6 Å². The van der Waals surface area contributed by atoms with Crippen molar-refractivity contribution in [3.63, 3.8) is 0 Å². The zero-order valence-corrected chi connectivity index (χ0v) is 11.1. The van der Waals surface area contributed by atoms with Crippen LogP contribution in [0.25, 0.3) is 5.82 Å². The van der Waals surface area contributed by atoms with Crippen LogP contribution in [0.3, 0.4) is 0 Å². The van der Waals surface area contributed by atoms with Crippen LogP contribution in [0.1, 0.15) is 17.8 Å². The number of carboxylic acid groups (broad SMARTS) is 1. The molecule has 2 heterocycles. The van der Waals surface area contributed by atoms with Crippen molar-refractivity contribution in [1.29, 1.82) is 0 Å². The summed E-state index contributed by atoms with van der Waals surface area (Å²) < 4.78 is 26.6. The Morgan fingerprint density at radius 2 is 2.20 bits per heavy atom. The van der Waals surface area contributed by atoms with Crippen molar-refractivity contribution < 1.29 is 18.7 Å². The highest BCUT2D eigenvalue weighted by Gasteiger charge is 2.18. The summed E-state index contributed by atoms with van der Waals surface area (Å²) in [7, 11) is 0. The normalized spacial score (nSPS) is 11.0. The fraction of sp³-hybridized carbons (Fsp3) is 0.273. The molecule has 6 nitrogen and oxygen atoms in total. The number of carboxylic acids is 1. The second-order valence-corrected chi connectivity index (χ2v) is 4.82. The Morgan fingerprint density at radius 1 is 1.45 bits per heavy atom. The maximum absolute atomic E-state index is 12.7. The van der Waals surface area contributed by atoms with Crippen LogP contribution in [0.2, 0.25) is 0 Å². The highest BCUT2D eigenvalue weighted by Crippen LogP contribution is 2.26. The SMILES string of the molecule is Cc1cc(-n2nc(C(F)F)cc2SCC(=O)O)ncn1. The van der Waals surface area contributed by atoms with Gasteiger partial charge in [0.25, 0.3) is 6.43 Å². The van der Waals surface area contributed by atoms with Gasteiger partial charge in [0.05, 0.1) is 5.75 Å². The van der Waals surface area contributed by atoms with Gasteiger partial charge in [-0.05, 0) is 13.0 Å². The van der Waals surface area contributed by atoms with Gasteiger partial charge in [0, 0.05) is 11.8 Å². The van der Waals surface area contributed by atoms with E-state index < -0.39 is 18.1 Å². The van der Waals surface area contributed by atoms with Crippen molar-refractivity contribution in [2.24, 2.45) is 0 Å². The highest BCUT2D eigenvalue weighted by molar-refractivity contribution is 7.99. The van der Waals surface area contributed by atoms with Crippen LogP contribution in [-0.4, -0.2) is 36.6 Å². The summed E-state index contributed by atoms with van der Waals surface area (Å²) in [5, 5.41) is 12.7. The summed E-state index contributed by atoms with van der Waals surface area (Å²) in [5.41, 5.74) is 0.229. The minimum absolute atomic E-state index is 0.252. The van der Waals surface area contributed by atoms with Crippen molar-refractivity contribution >= 4 is 17.7 Å². The maximum Gasteiger partial charge on any atom is 0.313 e. The summed E-state index contributed by atoms with van der Waals surface area (Å²) in [4.78, 5) is 18.5. The Bertz CT molecular complexity index is 633. The molecule has 2 rings (SSSR count). The molecule has 0 aromatic carbocycles. The van der Waals surface area contributed by atoms with E-state index in [-0.39, 0.29) is 5.75 Å². The molecule has 20 heavy (non-hydrogen) atoms. The van der Waals surface area contributed by atoms with Crippen molar-refractivity contribution in [2.45, 2.75) is 18.4 Å². The third kappa shape index (κ3) is 3.29. The first-order valence-electron chi connectivity index (χ1n) is 5.49. The molecule has 2 aromatic heterocycles. The molecule has 0 amide bonds. The fourth-order valence-corrected chi connectivity index (χ4v) is 2.18. The molecule has 0 aliphatic carbocycles. The van der Waals surface area contributed by atoms with Gasteiger partial charge in [-0.15, -0.1) is 0 Å². The van der Waals surface area contributed by atoms with E-state index in [4.69, 9.17) is 5.11 Å². The van der Waals surface area contributed by atoms with Crippen LogP contribution in [0, 0.1) is 6.92 Å². The van der Waals surface area contributed by atoms with Crippen LogP contribution in [-0.2, 0) is 4.79 Å². The maximum atomic E-state index is 12.7. The molecule has 0 radical (unpaired) electrons. The summed E-state index contributed by atoms with van der Waals surface area (Å²) >= 11 is 0.901. The molecule has 1 N–H and O–H groups in total. The number of aryl methyl sites for hydroxylation is 1. The number of nitrogens with zero attached hydrogens (tertiary/aromatic N) is 4. The van der Waals surface area contributed by atoms with Gasteiger partial charge < -0.3 is 5.11 Å². The lowest BCUT2D eigenvalue weighted by Crippen LogP contribution is -2.05. The van der Waals surface area contributed by atoms with Gasteiger partial charge in [-0.25, -0.2) is 23.4 Å². The third-order valence-corrected chi connectivity index (χ3v) is 3.25. The first-order valence-corrected chi connectivity index (χ1v) is 6.47. The molecule has 0 saturated heterocycles. The molecule has 0 bridgehead atoms. The number of hydrogen-bond acceptors (Lipinski definition) is 5. The number of halogens is 2. The Morgan fingerprint density at radius 3 is 2.80 bits per heavy atom. The van der Waals surface area contributed by atoms with E-state index in [2.05, 4.69) is 15.1 Å². The lowest BCUT2D eigenvalue weighted by molar-refractivity contribution is -0.133. The molecule has 0 aliphatic rings. The lowest BCUT2D eigenvalue weighted by Gasteiger charge is -2.05. The van der Waals surface area contributed by atoms with Crippen LogP contribution in [0.5, 0.6) is 0 Å². The van der Waals surface area contributed by atoms with E-state index in [0.717, 1.165) is 17.8 Å². The second-order valence-electron chi connectivity index (χ2n) is 3.82. The van der Waals surface area contributed by atoms with Gasteiger partial charge in [0.15, 0.2) is 5.82 Å². The number of aliphatic carboxylic acids is 1. The summed E-state index contributed by atoms with van der Waals surface area (Å²) in [5.74, 6) is -0.976. The van der Waals surface area contributed by atoms with E-state index in [1.165, 1.54) is 11.0 Å². The highest BCUT2D eigenvalue weighted by atomic mass is 32.2. The van der Waals surface area contributed by atoms with Gasteiger partial charge >= 0.3 is 5.97 Å². The van der Waals surface area contributed by atoms with Crippen molar-refractivity contribution in [3.05, 3.63) is 29.8 Å². The average molecular weight is 300 g/mol. The Balaban J connectivity index is 2.41. The van der Waals surface area contributed by atoms with Crippen LogP contribution >= 0.6 is 11.8 Å². The summed E-state index contributed by atoms with van der Waals surface area (Å²) in [6, 6.07) is 2.74. The van der Waals surface area contributed by atoms with Crippen LogP contribution < -0.4 is 0 Å². The van der Waals surface area contributed by atoms with E-state index >= 15 is 0 Å². The second kappa shape index (κ2) is 5.95. The van der Waals surface area contributed by atoms with Gasteiger partial charge in [-0.3, -0.25) is 4.79 Å². The molecule has 9 heteroatoms. The van der Waals surface area contributed by atoms with Crippen LogP contribution in [0.15, 0.2) is 23.5 Å². The quantitative estimate of drug-likeness (QED) is 0.852. The predicted molar refractivity (Wildman–Crippen MR) is 67.2 cm³/mol. The summed E-state index contributed by atoms with van der Waals surface area (Å²) in [6.45, 7) is 1.73. The molecule has 2 aromatic rings. The number of alkyl halides is 2.